The van der Waals surface area contributed by atoms with Gasteiger partial charge in [-0.25, -0.2) is 0 Å². The third-order valence-electron chi connectivity index (χ3n) is 4.80. The Hall–Kier alpha value is -2.05. The third-order valence-corrected chi connectivity index (χ3v) is 4.80. The van der Waals surface area contributed by atoms with Gasteiger partial charge in [-0.3, -0.25) is 4.90 Å². The lowest BCUT2D eigenvalue weighted by atomic mass is 9.98. The molecule has 3 rings (SSSR count). The maximum absolute atomic E-state index is 3.48. The molecule has 23 heavy (non-hydrogen) atoms. The second-order valence-corrected chi connectivity index (χ2v) is 7.02. The zero-order chi connectivity index (χ0) is 16.7. The molecular formula is C21H27N2+. The normalized spacial score (nSPS) is 18.2. The standard InChI is InChI=1S/C21H27N2/c1-14-9-16(3)20(17(4)10-14)22-7-8-23(13-22)21-18(5)11-15(2)12-19(21)6/h9-11H,7-8,13H2,1-6H3/q+1. The molecule has 0 unspecified atom stereocenters. The van der Waals surface area contributed by atoms with Crippen LogP contribution in [0.1, 0.15) is 37.5 Å². The highest BCUT2D eigenvalue weighted by atomic mass is 15.4. The Morgan fingerprint density at radius 1 is 0.870 bits per heavy atom. The summed E-state index contributed by atoms with van der Waals surface area (Å²) in [6, 6.07) is 4.59. The van der Waals surface area contributed by atoms with Crippen LogP contribution in [0.25, 0.3) is 0 Å². The van der Waals surface area contributed by atoms with Crippen molar-refractivity contribution in [2.24, 2.45) is 0 Å². The number of allylic oxidation sites excluding steroid dienone is 5. The quantitative estimate of drug-likeness (QED) is 0.732. The lowest BCUT2D eigenvalue weighted by Gasteiger charge is -2.25. The lowest BCUT2D eigenvalue weighted by Crippen LogP contribution is -2.27. The predicted octanol–water partition coefficient (Wildman–Crippen LogP) is 4.67. The fraction of sp³-hybridized carbons (Fsp3) is 0.429. The van der Waals surface area contributed by atoms with Crippen LogP contribution in [0.15, 0.2) is 40.6 Å². The second kappa shape index (κ2) is 5.86. The number of nitrogens with zero attached hydrogens (tertiary/aromatic N) is 2. The minimum atomic E-state index is 0.962. The first-order valence-electron chi connectivity index (χ1n) is 8.44. The summed E-state index contributed by atoms with van der Waals surface area (Å²) in [5.74, 6) is 0. The first kappa shape index (κ1) is 15.8. The lowest BCUT2D eigenvalue weighted by molar-refractivity contribution is 0.432. The van der Waals surface area contributed by atoms with E-state index in [0.29, 0.717) is 0 Å². The Bertz CT molecular complexity index is 708. The molecule has 0 N–H and O–H groups in total. The van der Waals surface area contributed by atoms with E-state index in [4.69, 9.17) is 0 Å². The van der Waals surface area contributed by atoms with Gasteiger partial charge in [-0.1, -0.05) is 17.7 Å². The van der Waals surface area contributed by atoms with Crippen molar-refractivity contribution in [2.45, 2.75) is 41.5 Å². The summed E-state index contributed by atoms with van der Waals surface area (Å²) in [5, 5.41) is 0. The molecule has 0 spiro atoms. The van der Waals surface area contributed by atoms with Gasteiger partial charge in [-0.15, -0.1) is 0 Å². The number of rotatable bonds is 2. The molecule has 1 aliphatic heterocycles. The van der Waals surface area contributed by atoms with Gasteiger partial charge < -0.3 is 4.90 Å². The van der Waals surface area contributed by atoms with Gasteiger partial charge in [0, 0.05) is 18.3 Å². The zero-order valence-electron chi connectivity index (χ0n) is 15.2. The van der Waals surface area contributed by atoms with Gasteiger partial charge in [0.25, 0.3) is 0 Å². The molecule has 0 atom stereocenters. The van der Waals surface area contributed by atoms with Crippen LogP contribution >= 0.6 is 0 Å². The first-order valence-corrected chi connectivity index (χ1v) is 8.44. The Labute approximate surface area is 140 Å². The molecule has 0 amide bonds. The summed E-state index contributed by atoms with van der Waals surface area (Å²) in [6.45, 7) is 16.3. The third kappa shape index (κ3) is 2.92. The molecule has 1 fully saturated rings. The van der Waals surface area contributed by atoms with E-state index in [-0.39, 0.29) is 0 Å². The van der Waals surface area contributed by atoms with E-state index in [2.05, 4.69) is 75.6 Å². The molecule has 1 saturated heterocycles. The topological polar surface area (TPSA) is 6.48 Å². The minimum Gasteiger partial charge on any atom is -0.351 e. The van der Waals surface area contributed by atoms with E-state index in [9.17, 15) is 0 Å². The van der Waals surface area contributed by atoms with E-state index in [0.717, 1.165) is 19.8 Å². The van der Waals surface area contributed by atoms with Gasteiger partial charge in [-0.05, 0) is 52.7 Å². The monoisotopic (exact) mass is 307 g/mol. The molecule has 2 nitrogen and oxygen atoms in total. The van der Waals surface area contributed by atoms with Crippen LogP contribution in [0.3, 0.4) is 0 Å². The van der Waals surface area contributed by atoms with Gasteiger partial charge in [0.1, 0.15) is 17.8 Å². The predicted molar refractivity (Wildman–Crippen MR) is 98.5 cm³/mol. The number of anilines is 1. The van der Waals surface area contributed by atoms with Crippen molar-refractivity contribution in [1.29, 1.82) is 0 Å². The van der Waals surface area contributed by atoms with Crippen LogP contribution < -0.4 is 4.90 Å². The summed E-state index contributed by atoms with van der Waals surface area (Å²) in [5.41, 5.74) is 10.7. The van der Waals surface area contributed by atoms with Gasteiger partial charge in [0.15, 0.2) is 5.70 Å². The number of aryl methyl sites for hydroxylation is 3. The van der Waals surface area contributed by atoms with Gasteiger partial charge >= 0.3 is 0 Å². The van der Waals surface area contributed by atoms with E-state index in [1.165, 1.54) is 44.8 Å². The van der Waals surface area contributed by atoms with Crippen LogP contribution in [0.4, 0.5) is 5.69 Å². The molecule has 120 valence electrons. The van der Waals surface area contributed by atoms with E-state index in [1.807, 2.05) is 0 Å². The van der Waals surface area contributed by atoms with Crippen LogP contribution in [-0.4, -0.2) is 24.7 Å². The Morgan fingerprint density at radius 3 is 2.09 bits per heavy atom. The first-order chi connectivity index (χ1) is 10.9. The van der Waals surface area contributed by atoms with E-state index >= 15 is 0 Å². The molecule has 2 heteroatoms. The molecule has 0 radical (unpaired) electrons. The van der Waals surface area contributed by atoms with Crippen molar-refractivity contribution >= 4 is 5.69 Å². The highest BCUT2D eigenvalue weighted by molar-refractivity contribution is 5.61. The van der Waals surface area contributed by atoms with Crippen molar-refractivity contribution in [3.63, 3.8) is 0 Å². The molecule has 1 aliphatic carbocycles. The van der Waals surface area contributed by atoms with E-state index in [1.54, 1.807) is 0 Å². The maximum Gasteiger partial charge on any atom is 0.156 e. The number of hydrogen-bond acceptors (Lipinski definition) is 2. The van der Waals surface area contributed by atoms with Crippen molar-refractivity contribution < 1.29 is 0 Å². The van der Waals surface area contributed by atoms with Gasteiger partial charge in [-0.2, -0.15) is 0 Å². The summed E-state index contributed by atoms with van der Waals surface area (Å²) >= 11 is 0. The Morgan fingerprint density at radius 2 is 1.48 bits per heavy atom. The zero-order valence-corrected chi connectivity index (χ0v) is 15.2. The molecule has 2 aliphatic rings. The smallest absolute Gasteiger partial charge is 0.156 e. The second-order valence-electron chi connectivity index (χ2n) is 7.02. The Balaban J connectivity index is 1.88. The van der Waals surface area contributed by atoms with Crippen molar-refractivity contribution in [3.8, 4) is 0 Å². The van der Waals surface area contributed by atoms with Gasteiger partial charge in [0.2, 0.25) is 0 Å². The fourth-order valence-electron chi connectivity index (χ4n) is 4.19. The minimum absolute atomic E-state index is 0.962. The largest absolute Gasteiger partial charge is 0.351 e. The summed E-state index contributed by atoms with van der Waals surface area (Å²) < 4.78 is 0. The molecule has 1 heterocycles. The SMILES string of the molecule is CC1=[C+]C(C)=CC(C)=C1N1CCN(c2c(C)cc(C)cc2C)C1. The molecule has 1 aromatic rings. The Kier molecular flexibility index (Phi) is 4.04. The molecule has 0 bridgehead atoms. The average molecular weight is 307 g/mol. The maximum atomic E-state index is 3.48. The number of hydrogen-bond donors (Lipinski definition) is 0. The average Bonchev–Trinajstić information content (AvgIpc) is 2.85. The highest BCUT2D eigenvalue weighted by Crippen LogP contribution is 2.32. The van der Waals surface area contributed by atoms with Crippen molar-refractivity contribution in [3.05, 3.63) is 63.4 Å². The fourth-order valence-corrected chi connectivity index (χ4v) is 4.19. The number of benzene rings is 1. The summed E-state index contributed by atoms with van der Waals surface area (Å²) in [4.78, 5) is 5.02. The molecule has 1 aromatic carbocycles. The van der Waals surface area contributed by atoms with Gasteiger partial charge in [0.05, 0.1) is 18.2 Å². The van der Waals surface area contributed by atoms with Crippen LogP contribution in [-0.2, 0) is 0 Å². The van der Waals surface area contributed by atoms with Crippen molar-refractivity contribution in [1.82, 2.24) is 4.90 Å². The van der Waals surface area contributed by atoms with Crippen molar-refractivity contribution in [2.75, 3.05) is 24.7 Å². The van der Waals surface area contributed by atoms with Crippen LogP contribution in [0.2, 0.25) is 0 Å². The van der Waals surface area contributed by atoms with Crippen LogP contribution in [0.5, 0.6) is 0 Å². The highest BCUT2D eigenvalue weighted by Gasteiger charge is 2.31. The summed E-state index contributed by atoms with van der Waals surface area (Å²) in [7, 11) is 0. The van der Waals surface area contributed by atoms with E-state index < -0.39 is 0 Å². The molecule has 0 saturated carbocycles. The molecular weight excluding hydrogens is 280 g/mol. The summed E-state index contributed by atoms with van der Waals surface area (Å²) in [6.07, 6.45) is 5.72. The van der Waals surface area contributed by atoms with Crippen LogP contribution in [0, 0.1) is 26.8 Å². The molecule has 0 aromatic heterocycles.